The maximum Gasteiger partial charge on any atom is 0.305 e. The lowest BCUT2D eigenvalue weighted by Crippen LogP contribution is -2.05. The average molecular weight is 427 g/mol. The largest absolute Gasteiger partial charge is 0.481 e. The lowest BCUT2D eigenvalue weighted by molar-refractivity contribution is -0.144. The number of unbranched alkanes of at least 4 members (excludes halogenated alkanes) is 18. The maximum atomic E-state index is 11.7. The SMILES string of the molecule is CCCCCCCCCCCCCCCC(=O)OCCCCCCCCCC(=O)O. The second-order valence-corrected chi connectivity index (χ2v) is 8.83. The minimum absolute atomic E-state index is 0.0354. The lowest BCUT2D eigenvalue weighted by atomic mass is 10.0. The quantitative estimate of drug-likeness (QED) is 0.125. The Hall–Kier alpha value is -1.06. The smallest absolute Gasteiger partial charge is 0.305 e. The third kappa shape index (κ3) is 25.0. The van der Waals surface area contributed by atoms with Crippen molar-refractivity contribution in [3.8, 4) is 0 Å². The van der Waals surface area contributed by atoms with Gasteiger partial charge in [0.2, 0.25) is 0 Å². The number of hydrogen-bond acceptors (Lipinski definition) is 3. The Morgan fingerprint density at radius 1 is 0.533 bits per heavy atom. The minimum atomic E-state index is -0.699. The summed E-state index contributed by atoms with van der Waals surface area (Å²) in [6.07, 6.45) is 25.2. The molecule has 0 rings (SSSR count). The first-order chi connectivity index (χ1) is 14.7. The Morgan fingerprint density at radius 3 is 1.33 bits per heavy atom. The Kier molecular flexibility index (Phi) is 23.4. The molecule has 0 aromatic carbocycles. The number of carboxylic acid groups (broad SMARTS) is 1. The van der Waals surface area contributed by atoms with Crippen LogP contribution in [0.1, 0.15) is 148 Å². The number of aliphatic carboxylic acids is 1. The van der Waals surface area contributed by atoms with Gasteiger partial charge in [0.25, 0.3) is 0 Å². The molecule has 0 aliphatic carbocycles. The van der Waals surface area contributed by atoms with Crippen molar-refractivity contribution >= 4 is 11.9 Å². The molecule has 0 saturated heterocycles. The fourth-order valence-corrected chi connectivity index (χ4v) is 3.81. The standard InChI is InChI=1S/C26H50O4/c1-2-3-4-5-6-7-8-9-10-11-14-17-20-23-26(29)30-24-21-18-15-12-13-16-19-22-25(27)28/h2-24H2,1H3,(H,27,28). The number of hydrogen-bond donors (Lipinski definition) is 1. The number of rotatable bonds is 24. The highest BCUT2D eigenvalue weighted by atomic mass is 16.5. The van der Waals surface area contributed by atoms with E-state index in [0.29, 0.717) is 13.0 Å². The van der Waals surface area contributed by atoms with E-state index in [1.165, 1.54) is 70.6 Å². The Labute approximate surface area is 186 Å². The van der Waals surface area contributed by atoms with Gasteiger partial charge in [0.05, 0.1) is 6.61 Å². The predicted octanol–water partition coefficient (Wildman–Crippen LogP) is 8.22. The van der Waals surface area contributed by atoms with Crippen molar-refractivity contribution in [1.82, 2.24) is 0 Å². The van der Waals surface area contributed by atoms with Crippen LogP contribution in [0, 0.1) is 0 Å². The van der Waals surface area contributed by atoms with E-state index in [9.17, 15) is 9.59 Å². The van der Waals surface area contributed by atoms with Crippen LogP contribution in [0.5, 0.6) is 0 Å². The van der Waals surface area contributed by atoms with E-state index in [4.69, 9.17) is 9.84 Å². The van der Waals surface area contributed by atoms with Gasteiger partial charge < -0.3 is 9.84 Å². The second kappa shape index (κ2) is 24.2. The van der Waals surface area contributed by atoms with Crippen LogP contribution < -0.4 is 0 Å². The van der Waals surface area contributed by atoms with Crippen LogP contribution in [0.3, 0.4) is 0 Å². The van der Waals surface area contributed by atoms with Crippen LogP contribution in [0.2, 0.25) is 0 Å². The molecule has 0 unspecified atom stereocenters. The number of carboxylic acids is 1. The van der Waals surface area contributed by atoms with Gasteiger partial charge in [0.1, 0.15) is 0 Å². The molecule has 0 aromatic rings. The summed E-state index contributed by atoms with van der Waals surface area (Å²) in [7, 11) is 0. The molecule has 0 fully saturated rings. The zero-order valence-electron chi connectivity index (χ0n) is 19.9. The van der Waals surface area contributed by atoms with Gasteiger partial charge in [-0.3, -0.25) is 9.59 Å². The summed E-state index contributed by atoms with van der Waals surface area (Å²) in [5.74, 6) is -0.734. The fourth-order valence-electron chi connectivity index (χ4n) is 3.81. The highest BCUT2D eigenvalue weighted by Crippen LogP contribution is 2.13. The zero-order chi connectivity index (χ0) is 22.1. The van der Waals surface area contributed by atoms with Crippen LogP contribution in [0.25, 0.3) is 0 Å². The zero-order valence-corrected chi connectivity index (χ0v) is 19.9. The Morgan fingerprint density at radius 2 is 0.900 bits per heavy atom. The normalized spacial score (nSPS) is 11.0. The Balaban J connectivity index is 3.16. The van der Waals surface area contributed by atoms with Crippen LogP contribution in [0.4, 0.5) is 0 Å². The summed E-state index contributed by atoms with van der Waals surface area (Å²) in [6, 6.07) is 0. The molecule has 30 heavy (non-hydrogen) atoms. The molecule has 0 atom stereocenters. The molecule has 0 aromatic heterocycles. The van der Waals surface area contributed by atoms with Gasteiger partial charge in [-0.2, -0.15) is 0 Å². The van der Waals surface area contributed by atoms with E-state index in [1.54, 1.807) is 0 Å². The molecule has 4 nitrogen and oxygen atoms in total. The Bertz CT molecular complexity index is 381. The summed E-state index contributed by atoms with van der Waals surface area (Å²) in [4.78, 5) is 22.1. The molecule has 0 bridgehead atoms. The third-order valence-corrected chi connectivity index (χ3v) is 5.78. The highest BCUT2D eigenvalue weighted by molar-refractivity contribution is 5.69. The number of esters is 1. The van der Waals surface area contributed by atoms with Crippen molar-refractivity contribution in [3.05, 3.63) is 0 Å². The molecule has 0 aliphatic rings. The molecule has 0 heterocycles. The van der Waals surface area contributed by atoms with Gasteiger partial charge in [0.15, 0.2) is 0 Å². The van der Waals surface area contributed by atoms with Crippen LogP contribution in [0.15, 0.2) is 0 Å². The van der Waals surface area contributed by atoms with Gasteiger partial charge in [-0.25, -0.2) is 0 Å². The van der Waals surface area contributed by atoms with Crippen molar-refractivity contribution in [2.24, 2.45) is 0 Å². The van der Waals surface area contributed by atoms with Gasteiger partial charge in [0, 0.05) is 12.8 Å². The first kappa shape index (κ1) is 28.9. The van der Waals surface area contributed by atoms with Gasteiger partial charge in [-0.1, -0.05) is 116 Å². The summed E-state index contributed by atoms with van der Waals surface area (Å²) in [5.41, 5.74) is 0. The summed E-state index contributed by atoms with van der Waals surface area (Å²) < 4.78 is 5.32. The molecule has 0 amide bonds. The van der Waals surface area contributed by atoms with Crippen molar-refractivity contribution in [2.45, 2.75) is 148 Å². The number of carbonyl (C=O) groups is 2. The lowest BCUT2D eigenvalue weighted by Gasteiger charge is -2.05. The molecular weight excluding hydrogens is 376 g/mol. The molecule has 0 radical (unpaired) electrons. The minimum Gasteiger partial charge on any atom is -0.481 e. The van der Waals surface area contributed by atoms with E-state index in [0.717, 1.165) is 57.8 Å². The topological polar surface area (TPSA) is 63.6 Å². The third-order valence-electron chi connectivity index (χ3n) is 5.78. The predicted molar refractivity (Wildman–Crippen MR) is 126 cm³/mol. The average Bonchev–Trinajstić information content (AvgIpc) is 2.72. The molecule has 0 saturated carbocycles. The molecule has 178 valence electrons. The number of carbonyl (C=O) groups excluding carboxylic acids is 1. The molecule has 0 spiro atoms. The van der Waals surface area contributed by atoms with Crippen molar-refractivity contribution in [3.63, 3.8) is 0 Å². The molecule has 4 heteroatoms. The van der Waals surface area contributed by atoms with Crippen LogP contribution >= 0.6 is 0 Å². The first-order valence-corrected chi connectivity index (χ1v) is 13.0. The van der Waals surface area contributed by atoms with Crippen molar-refractivity contribution in [2.75, 3.05) is 6.61 Å². The van der Waals surface area contributed by atoms with E-state index in [2.05, 4.69) is 6.92 Å². The molecule has 0 aliphatic heterocycles. The van der Waals surface area contributed by atoms with E-state index < -0.39 is 5.97 Å². The summed E-state index contributed by atoms with van der Waals surface area (Å²) >= 11 is 0. The van der Waals surface area contributed by atoms with E-state index >= 15 is 0 Å². The van der Waals surface area contributed by atoms with Gasteiger partial charge >= 0.3 is 11.9 Å². The summed E-state index contributed by atoms with van der Waals surface area (Å²) in [5, 5.41) is 8.57. The fraction of sp³-hybridized carbons (Fsp3) is 0.923. The molecule has 1 N–H and O–H groups in total. The van der Waals surface area contributed by atoms with Gasteiger partial charge in [-0.05, 0) is 19.3 Å². The van der Waals surface area contributed by atoms with Crippen molar-refractivity contribution in [1.29, 1.82) is 0 Å². The number of ether oxygens (including phenoxy) is 1. The maximum absolute atomic E-state index is 11.7. The second-order valence-electron chi connectivity index (χ2n) is 8.83. The molecular formula is C26H50O4. The van der Waals surface area contributed by atoms with E-state index in [1.807, 2.05) is 0 Å². The highest BCUT2D eigenvalue weighted by Gasteiger charge is 2.03. The van der Waals surface area contributed by atoms with Gasteiger partial charge in [-0.15, -0.1) is 0 Å². The first-order valence-electron chi connectivity index (χ1n) is 13.0. The van der Waals surface area contributed by atoms with Crippen LogP contribution in [-0.4, -0.2) is 23.7 Å². The van der Waals surface area contributed by atoms with E-state index in [-0.39, 0.29) is 12.4 Å². The van der Waals surface area contributed by atoms with Crippen molar-refractivity contribution < 1.29 is 19.4 Å². The summed E-state index contributed by atoms with van der Waals surface area (Å²) in [6.45, 7) is 2.82. The van der Waals surface area contributed by atoms with Crippen LogP contribution in [-0.2, 0) is 14.3 Å². The monoisotopic (exact) mass is 426 g/mol.